The monoisotopic (exact) mass is 408 g/mol. The first-order chi connectivity index (χ1) is 14.6. The van der Waals surface area contributed by atoms with Crippen molar-refractivity contribution >= 4 is 11.9 Å². The molecule has 30 heavy (non-hydrogen) atoms. The number of carbonyl (C=O) groups excluding carboxylic acids is 2. The first kappa shape index (κ1) is 19.8. The van der Waals surface area contributed by atoms with Crippen molar-refractivity contribution in [1.82, 2.24) is 10.6 Å². The number of rotatable bonds is 5. The maximum Gasteiger partial charge on any atom is 0.354 e. The number of carbonyl (C=O) groups is 2. The summed E-state index contributed by atoms with van der Waals surface area (Å²) < 4.78 is 16.5. The third kappa shape index (κ3) is 3.26. The molecule has 1 aromatic carbocycles. The Labute approximate surface area is 175 Å². The zero-order valence-electron chi connectivity index (χ0n) is 16.9. The van der Waals surface area contributed by atoms with Crippen molar-refractivity contribution in [2.75, 3.05) is 26.8 Å². The van der Waals surface area contributed by atoms with Crippen molar-refractivity contribution in [2.24, 2.45) is 11.3 Å². The van der Waals surface area contributed by atoms with Gasteiger partial charge in [-0.3, -0.25) is 4.79 Å². The fraction of sp³-hybridized carbons (Fsp3) is 0.304. The van der Waals surface area contributed by atoms with E-state index in [-0.39, 0.29) is 12.6 Å². The lowest BCUT2D eigenvalue weighted by Gasteiger charge is -2.36. The van der Waals surface area contributed by atoms with Crippen molar-refractivity contribution in [3.8, 4) is 5.75 Å². The van der Waals surface area contributed by atoms with Gasteiger partial charge in [0.2, 0.25) is 0 Å². The van der Waals surface area contributed by atoms with Crippen LogP contribution in [-0.2, 0) is 19.1 Å². The maximum atomic E-state index is 13.3. The number of nitrogens with one attached hydrogen (secondary N) is 2. The van der Waals surface area contributed by atoms with Crippen LogP contribution in [0, 0.1) is 11.3 Å². The molecule has 1 aromatic rings. The van der Waals surface area contributed by atoms with Gasteiger partial charge in [-0.2, -0.15) is 0 Å². The zero-order chi connectivity index (χ0) is 21.1. The lowest BCUT2D eigenvalue weighted by molar-refractivity contribution is -0.141. The van der Waals surface area contributed by atoms with E-state index in [4.69, 9.17) is 14.2 Å². The molecule has 2 aliphatic heterocycles. The first-order valence-corrected chi connectivity index (χ1v) is 9.92. The number of methoxy groups -OCH3 is 1. The topological polar surface area (TPSA) is 85.9 Å². The van der Waals surface area contributed by atoms with Gasteiger partial charge in [0.15, 0.2) is 0 Å². The molecule has 0 amide bonds. The van der Waals surface area contributed by atoms with Crippen molar-refractivity contribution in [3.63, 3.8) is 0 Å². The van der Waals surface area contributed by atoms with Gasteiger partial charge in [-0.15, -0.1) is 0 Å². The number of ether oxygens (including phenoxy) is 3. The Kier molecular flexibility index (Phi) is 5.35. The van der Waals surface area contributed by atoms with E-state index in [1.807, 2.05) is 36.4 Å². The third-order valence-electron chi connectivity index (χ3n) is 5.54. The Morgan fingerprint density at radius 3 is 2.70 bits per heavy atom. The molecule has 1 fully saturated rings. The van der Waals surface area contributed by atoms with Crippen LogP contribution in [0.1, 0.15) is 6.92 Å². The van der Waals surface area contributed by atoms with Gasteiger partial charge in [-0.25, -0.2) is 4.79 Å². The molecule has 1 aliphatic carbocycles. The highest BCUT2D eigenvalue weighted by Gasteiger charge is 2.55. The summed E-state index contributed by atoms with van der Waals surface area (Å²) in [6, 6.07) is 8.95. The Morgan fingerprint density at radius 1 is 1.17 bits per heavy atom. The average Bonchev–Trinajstić information content (AvgIpc) is 3.00. The second-order valence-corrected chi connectivity index (χ2v) is 7.13. The molecule has 3 aliphatic rings. The smallest absolute Gasteiger partial charge is 0.354 e. The van der Waals surface area contributed by atoms with Crippen LogP contribution in [0.25, 0.3) is 0 Å². The molecular weight excluding hydrogens is 384 g/mol. The molecule has 0 radical (unpaired) electrons. The van der Waals surface area contributed by atoms with Gasteiger partial charge in [0.05, 0.1) is 25.0 Å². The Hall–Kier alpha value is -3.48. The van der Waals surface area contributed by atoms with Gasteiger partial charge in [0.25, 0.3) is 0 Å². The second-order valence-electron chi connectivity index (χ2n) is 7.13. The molecule has 156 valence electrons. The second kappa shape index (κ2) is 8.10. The Balaban J connectivity index is 1.79. The largest absolute Gasteiger partial charge is 0.496 e. The lowest BCUT2D eigenvalue weighted by Crippen LogP contribution is -2.39. The van der Waals surface area contributed by atoms with Gasteiger partial charge in [0.1, 0.15) is 17.2 Å². The predicted octanol–water partition coefficient (Wildman–Crippen LogP) is 2.20. The molecule has 0 aromatic heterocycles. The molecule has 1 spiro atoms. The molecule has 7 nitrogen and oxygen atoms in total. The summed E-state index contributed by atoms with van der Waals surface area (Å²) in [6.45, 7) is 2.78. The molecular formula is C23H24N2O5. The van der Waals surface area contributed by atoms with E-state index in [2.05, 4.69) is 10.6 Å². The summed E-state index contributed by atoms with van der Waals surface area (Å²) in [5, 5.41) is 6.43. The minimum absolute atomic E-state index is 0.259. The van der Waals surface area contributed by atoms with E-state index in [1.165, 1.54) is 0 Å². The van der Waals surface area contributed by atoms with Gasteiger partial charge < -0.3 is 24.8 Å². The Bertz CT molecular complexity index is 977. The van der Waals surface area contributed by atoms with Gasteiger partial charge in [-0.1, -0.05) is 24.3 Å². The first-order valence-electron chi connectivity index (χ1n) is 9.92. The molecule has 2 N–H and O–H groups in total. The van der Waals surface area contributed by atoms with Crippen LogP contribution in [-0.4, -0.2) is 38.7 Å². The maximum absolute atomic E-state index is 13.3. The summed E-state index contributed by atoms with van der Waals surface area (Å²) in [5.41, 5.74) is 1.02. The van der Waals surface area contributed by atoms with E-state index in [0.717, 1.165) is 11.3 Å². The van der Waals surface area contributed by atoms with Crippen molar-refractivity contribution in [2.45, 2.75) is 6.92 Å². The molecule has 7 heteroatoms. The van der Waals surface area contributed by atoms with E-state index in [1.54, 1.807) is 32.2 Å². The molecule has 1 saturated heterocycles. The van der Waals surface area contributed by atoms with Crippen LogP contribution in [0.2, 0.25) is 0 Å². The van der Waals surface area contributed by atoms with Crippen molar-refractivity contribution in [1.29, 1.82) is 0 Å². The van der Waals surface area contributed by atoms with E-state index in [9.17, 15) is 9.59 Å². The SMILES string of the molecule is CCOC(=O)C1=CC23C(=CC=C(OC)C2=CCN1)NCC3C(=O)Oc1ccccc1. The van der Waals surface area contributed by atoms with Gasteiger partial charge >= 0.3 is 11.9 Å². The number of esters is 2. The van der Waals surface area contributed by atoms with Crippen LogP contribution >= 0.6 is 0 Å². The number of allylic oxidation sites excluding steroid dienone is 4. The molecule has 4 rings (SSSR count). The third-order valence-corrected chi connectivity index (χ3v) is 5.54. The summed E-state index contributed by atoms with van der Waals surface area (Å²) in [6.07, 6.45) is 7.47. The summed E-state index contributed by atoms with van der Waals surface area (Å²) in [4.78, 5) is 25.8. The number of benzene rings is 1. The lowest BCUT2D eigenvalue weighted by atomic mass is 9.67. The fourth-order valence-corrected chi connectivity index (χ4v) is 4.22. The quantitative estimate of drug-likeness (QED) is 0.571. The minimum atomic E-state index is -0.919. The minimum Gasteiger partial charge on any atom is -0.496 e. The number of hydrogen-bond acceptors (Lipinski definition) is 7. The van der Waals surface area contributed by atoms with Crippen LogP contribution in [0.3, 0.4) is 0 Å². The van der Waals surface area contributed by atoms with Crippen molar-refractivity contribution < 1.29 is 23.8 Å². The standard InChI is InChI=1S/C23H24N2O5/c1-3-29-22(27)18-13-23-16(11-12-24-18)19(28-2)9-10-20(23)25-14-17(23)21(26)30-15-7-5-4-6-8-15/h4-11,13,17,24-25H,3,12,14H2,1-2H3. The van der Waals surface area contributed by atoms with E-state index < -0.39 is 17.3 Å². The molecule has 0 saturated carbocycles. The molecule has 2 unspecified atom stereocenters. The summed E-state index contributed by atoms with van der Waals surface area (Å²) in [5.74, 6) is -0.332. The molecule has 2 atom stereocenters. The highest BCUT2D eigenvalue weighted by Crippen LogP contribution is 2.53. The van der Waals surface area contributed by atoms with Crippen LogP contribution in [0.15, 0.2) is 77.4 Å². The van der Waals surface area contributed by atoms with Crippen molar-refractivity contribution in [3.05, 3.63) is 77.4 Å². The zero-order valence-corrected chi connectivity index (χ0v) is 16.9. The van der Waals surface area contributed by atoms with Crippen LogP contribution < -0.4 is 15.4 Å². The fourth-order valence-electron chi connectivity index (χ4n) is 4.22. The normalized spacial score (nSPS) is 24.3. The molecule has 0 bridgehead atoms. The highest BCUT2D eigenvalue weighted by atomic mass is 16.5. The van der Waals surface area contributed by atoms with Crippen LogP contribution in [0.5, 0.6) is 5.75 Å². The van der Waals surface area contributed by atoms with E-state index >= 15 is 0 Å². The number of para-hydroxylation sites is 1. The molecule has 2 heterocycles. The predicted molar refractivity (Wildman–Crippen MR) is 110 cm³/mol. The summed E-state index contributed by atoms with van der Waals surface area (Å²) in [7, 11) is 1.59. The Morgan fingerprint density at radius 2 is 1.97 bits per heavy atom. The van der Waals surface area contributed by atoms with Gasteiger partial charge in [-0.05, 0) is 37.3 Å². The average molecular weight is 408 g/mol. The summed E-state index contributed by atoms with van der Waals surface area (Å²) >= 11 is 0. The van der Waals surface area contributed by atoms with E-state index in [0.29, 0.717) is 30.3 Å². The highest BCUT2D eigenvalue weighted by molar-refractivity contribution is 5.89. The van der Waals surface area contributed by atoms with Gasteiger partial charge in [0, 0.05) is 24.4 Å². The number of hydrogen-bond donors (Lipinski definition) is 2. The van der Waals surface area contributed by atoms with Crippen LogP contribution in [0.4, 0.5) is 0 Å².